The van der Waals surface area contributed by atoms with Crippen molar-refractivity contribution < 1.29 is 13.2 Å². The highest BCUT2D eigenvalue weighted by Gasteiger charge is 2.16. The first-order valence-electron chi connectivity index (χ1n) is 7.98. The average Bonchev–Trinajstić information content (AvgIpc) is 2.57. The molecule has 0 spiro atoms. The average molecular weight is 356 g/mol. The quantitative estimate of drug-likeness (QED) is 0.788. The zero-order chi connectivity index (χ0) is 18.1. The number of sulfone groups is 1. The Hall–Kier alpha value is -2.65. The molecule has 0 saturated carbocycles. The van der Waals surface area contributed by atoms with E-state index in [1.165, 1.54) is 0 Å². The van der Waals surface area contributed by atoms with Crippen LogP contribution in [0.3, 0.4) is 0 Å². The zero-order valence-electron chi connectivity index (χ0n) is 13.8. The summed E-state index contributed by atoms with van der Waals surface area (Å²) >= 11 is 0. The largest absolute Gasteiger partial charge is 0.325 e. The monoisotopic (exact) mass is 356 g/mol. The Labute approximate surface area is 148 Å². The van der Waals surface area contributed by atoms with Crippen LogP contribution in [0.25, 0.3) is 0 Å². The Balaban J connectivity index is 1.80. The molecule has 25 heavy (non-hydrogen) atoms. The fourth-order valence-corrected chi connectivity index (χ4v) is 3.61. The van der Waals surface area contributed by atoms with E-state index in [2.05, 4.69) is 5.32 Å². The van der Waals surface area contributed by atoms with Crippen LogP contribution in [0.4, 0.5) is 5.69 Å². The van der Waals surface area contributed by atoms with E-state index in [-0.39, 0.29) is 5.75 Å². The van der Waals surface area contributed by atoms with Gasteiger partial charge in [-0.05, 0) is 36.1 Å². The van der Waals surface area contributed by atoms with Gasteiger partial charge in [0.25, 0.3) is 0 Å². The maximum atomic E-state index is 12.1. The van der Waals surface area contributed by atoms with E-state index in [1.54, 1.807) is 24.3 Å². The normalized spacial score (nSPS) is 10.8. The lowest BCUT2D eigenvalue weighted by atomic mass is 10.1. The van der Waals surface area contributed by atoms with Crippen LogP contribution in [-0.2, 0) is 27.5 Å². The van der Waals surface area contributed by atoms with E-state index in [0.29, 0.717) is 24.9 Å². The van der Waals surface area contributed by atoms with Gasteiger partial charge in [-0.1, -0.05) is 42.5 Å². The van der Waals surface area contributed by atoms with E-state index < -0.39 is 21.5 Å². The summed E-state index contributed by atoms with van der Waals surface area (Å²) in [7, 11) is -3.44. The molecule has 2 aromatic carbocycles. The molecule has 0 heterocycles. The molecule has 130 valence electrons. The molecule has 0 saturated heterocycles. The molecule has 0 unspecified atom stereocenters. The number of hydrogen-bond donors (Lipinski definition) is 1. The Morgan fingerprint density at radius 3 is 2.32 bits per heavy atom. The predicted molar refractivity (Wildman–Crippen MR) is 97.8 cm³/mol. The van der Waals surface area contributed by atoms with Crippen LogP contribution in [0.5, 0.6) is 0 Å². The number of carbonyl (C=O) groups excluding carboxylic acids is 1. The summed E-state index contributed by atoms with van der Waals surface area (Å²) in [6.45, 7) is 0. The molecule has 0 aliphatic rings. The molecule has 0 fully saturated rings. The minimum Gasteiger partial charge on any atom is -0.325 e. The number of nitrogens with zero attached hydrogens (tertiary/aromatic N) is 1. The van der Waals surface area contributed by atoms with Crippen molar-refractivity contribution in [2.24, 2.45) is 0 Å². The number of nitriles is 1. The smallest absolute Gasteiger partial charge is 0.239 e. The van der Waals surface area contributed by atoms with Crippen LogP contribution in [0.15, 0.2) is 54.6 Å². The van der Waals surface area contributed by atoms with Crippen molar-refractivity contribution in [3.8, 4) is 6.07 Å². The molecule has 2 rings (SSSR count). The van der Waals surface area contributed by atoms with Crippen molar-refractivity contribution >= 4 is 21.4 Å². The number of carbonyl (C=O) groups is 1. The lowest BCUT2D eigenvalue weighted by Crippen LogP contribution is -2.24. The van der Waals surface area contributed by atoms with Gasteiger partial charge in [-0.15, -0.1) is 0 Å². The van der Waals surface area contributed by atoms with E-state index in [4.69, 9.17) is 5.26 Å². The molecule has 1 amide bonds. The Bertz CT molecular complexity index is 838. The highest BCUT2D eigenvalue weighted by molar-refractivity contribution is 7.92. The van der Waals surface area contributed by atoms with E-state index in [9.17, 15) is 13.2 Å². The standard InChI is InChI=1S/C19H20N2O3S/c20-13-12-17-8-10-18(11-9-17)21-19(22)15-25(23,24)14-4-7-16-5-2-1-3-6-16/h1-3,5-6,8-11H,4,7,12,14-15H2,(H,21,22). The molecule has 0 radical (unpaired) electrons. The number of nitrogens with one attached hydrogen (secondary N) is 1. The van der Waals surface area contributed by atoms with Crippen LogP contribution in [0, 0.1) is 11.3 Å². The van der Waals surface area contributed by atoms with Crippen LogP contribution < -0.4 is 5.32 Å². The molecular formula is C19H20N2O3S. The fraction of sp³-hybridized carbons (Fsp3) is 0.263. The molecule has 0 bridgehead atoms. The van der Waals surface area contributed by atoms with Gasteiger partial charge >= 0.3 is 0 Å². The molecular weight excluding hydrogens is 336 g/mol. The van der Waals surface area contributed by atoms with Gasteiger partial charge in [0.05, 0.1) is 18.2 Å². The van der Waals surface area contributed by atoms with Crippen LogP contribution in [0.1, 0.15) is 17.5 Å². The van der Waals surface area contributed by atoms with Gasteiger partial charge in [0.2, 0.25) is 5.91 Å². The third kappa shape index (κ3) is 6.77. The van der Waals surface area contributed by atoms with Gasteiger partial charge in [0.15, 0.2) is 9.84 Å². The topological polar surface area (TPSA) is 87.0 Å². The van der Waals surface area contributed by atoms with Crippen LogP contribution in [-0.4, -0.2) is 25.8 Å². The molecule has 0 aromatic heterocycles. The molecule has 0 aliphatic heterocycles. The molecule has 2 aromatic rings. The summed E-state index contributed by atoms with van der Waals surface area (Å²) in [5, 5.41) is 11.2. The highest BCUT2D eigenvalue weighted by atomic mass is 32.2. The SMILES string of the molecule is N#CCc1ccc(NC(=O)CS(=O)(=O)CCCc2ccccc2)cc1. The number of aryl methyl sites for hydroxylation is 1. The van der Waals surface area contributed by atoms with Crippen molar-refractivity contribution in [3.63, 3.8) is 0 Å². The second-order valence-corrected chi connectivity index (χ2v) is 7.95. The van der Waals surface area contributed by atoms with Crippen molar-refractivity contribution in [3.05, 3.63) is 65.7 Å². The van der Waals surface area contributed by atoms with Gasteiger partial charge in [-0.25, -0.2) is 8.42 Å². The lowest BCUT2D eigenvalue weighted by Gasteiger charge is -2.07. The van der Waals surface area contributed by atoms with E-state index in [0.717, 1.165) is 11.1 Å². The van der Waals surface area contributed by atoms with Crippen molar-refractivity contribution in [1.29, 1.82) is 5.26 Å². The molecule has 0 atom stereocenters. The Kier molecular flexibility index (Phi) is 6.72. The third-order valence-electron chi connectivity index (χ3n) is 3.64. The van der Waals surface area contributed by atoms with Gasteiger partial charge < -0.3 is 5.32 Å². The first-order valence-corrected chi connectivity index (χ1v) is 9.81. The summed E-state index contributed by atoms with van der Waals surface area (Å²) < 4.78 is 24.1. The van der Waals surface area contributed by atoms with Gasteiger partial charge in [-0.3, -0.25) is 4.79 Å². The van der Waals surface area contributed by atoms with Crippen LogP contribution in [0.2, 0.25) is 0 Å². The van der Waals surface area contributed by atoms with Gasteiger partial charge in [-0.2, -0.15) is 5.26 Å². The molecule has 6 heteroatoms. The second-order valence-electron chi connectivity index (χ2n) is 5.76. The summed E-state index contributed by atoms with van der Waals surface area (Å²) in [5.74, 6) is -1.09. The second kappa shape index (κ2) is 9.00. The Morgan fingerprint density at radius 2 is 1.68 bits per heavy atom. The van der Waals surface area contributed by atoms with Crippen molar-refractivity contribution in [2.45, 2.75) is 19.3 Å². The first-order chi connectivity index (χ1) is 12.0. The highest BCUT2D eigenvalue weighted by Crippen LogP contribution is 2.10. The number of rotatable bonds is 8. The number of benzene rings is 2. The third-order valence-corrected chi connectivity index (χ3v) is 5.25. The number of hydrogen-bond acceptors (Lipinski definition) is 4. The van der Waals surface area contributed by atoms with Crippen LogP contribution >= 0.6 is 0 Å². The summed E-state index contributed by atoms with van der Waals surface area (Å²) in [5.41, 5.74) is 2.44. The molecule has 1 N–H and O–H groups in total. The number of amides is 1. The fourth-order valence-electron chi connectivity index (χ4n) is 2.41. The Morgan fingerprint density at radius 1 is 1.00 bits per heavy atom. The minimum absolute atomic E-state index is 0.0174. The maximum absolute atomic E-state index is 12.1. The van der Waals surface area contributed by atoms with E-state index >= 15 is 0 Å². The minimum atomic E-state index is -3.44. The maximum Gasteiger partial charge on any atom is 0.239 e. The van der Waals surface area contributed by atoms with Gasteiger partial charge in [0, 0.05) is 5.69 Å². The van der Waals surface area contributed by atoms with Gasteiger partial charge in [0.1, 0.15) is 5.75 Å². The van der Waals surface area contributed by atoms with Crippen molar-refractivity contribution in [2.75, 3.05) is 16.8 Å². The van der Waals surface area contributed by atoms with E-state index in [1.807, 2.05) is 36.4 Å². The summed E-state index contributed by atoms with van der Waals surface area (Å²) in [6, 6.07) is 18.5. The number of anilines is 1. The predicted octanol–water partition coefficient (Wildman–Crippen LogP) is 2.74. The zero-order valence-corrected chi connectivity index (χ0v) is 14.6. The lowest BCUT2D eigenvalue weighted by molar-refractivity contribution is -0.113. The summed E-state index contributed by atoms with van der Waals surface area (Å²) in [6.07, 6.45) is 1.45. The first kappa shape index (κ1) is 18.7. The molecule has 0 aliphatic carbocycles. The molecule has 5 nitrogen and oxygen atoms in total. The summed E-state index contributed by atoms with van der Waals surface area (Å²) in [4.78, 5) is 11.9. The van der Waals surface area contributed by atoms with Crippen molar-refractivity contribution in [1.82, 2.24) is 0 Å².